The summed E-state index contributed by atoms with van der Waals surface area (Å²) in [6.45, 7) is 4.84. The lowest BCUT2D eigenvalue weighted by Crippen LogP contribution is -2.38. The molecule has 1 unspecified atom stereocenters. The van der Waals surface area contributed by atoms with Crippen molar-refractivity contribution in [2.24, 2.45) is 14.1 Å². The third-order valence-corrected chi connectivity index (χ3v) is 5.65. The van der Waals surface area contributed by atoms with Crippen molar-refractivity contribution < 1.29 is 0 Å². The Balaban J connectivity index is 2.12. The smallest absolute Gasteiger partial charge is 0.332 e. The Kier molecular flexibility index (Phi) is 5.09. The van der Waals surface area contributed by atoms with Gasteiger partial charge in [0.1, 0.15) is 10.4 Å². The van der Waals surface area contributed by atoms with Gasteiger partial charge in [-0.05, 0) is 25.9 Å². The quantitative estimate of drug-likeness (QED) is 0.812. The van der Waals surface area contributed by atoms with E-state index in [1.165, 1.54) is 11.6 Å². The summed E-state index contributed by atoms with van der Waals surface area (Å²) < 4.78 is 2.35. The molecule has 7 nitrogen and oxygen atoms in total. The lowest BCUT2D eigenvalue weighted by Gasteiger charge is -2.24. The molecule has 0 aliphatic carbocycles. The first kappa shape index (κ1) is 18.2. The number of hydrogen-bond donors (Lipinski definition) is 1. The number of rotatable bonds is 4. The molecule has 25 heavy (non-hydrogen) atoms. The van der Waals surface area contributed by atoms with Gasteiger partial charge in [-0.2, -0.15) is 0 Å². The van der Waals surface area contributed by atoms with Crippen molar-refractivity contribution in [3.63, 3.8) is 0 Å². The normalized spacial score (nSPS) is 18.2. The van der Waals surface area contributed by atoms with Gasteiger partial charge in [-0.15, -0.1) is 0 Å². The van der Waals surface area contributed by atoms with Crippen LogP contribution < -0.4 is 16.6 Å². The van der Waals surface area contributed by atoms with Gasteiger partial charge < -0.3 is 5.32 Å². The van der Waals surface area contributed by atoms with Crippen LogP contribution in [0.5, 0.6) is 0 Å². The second kappa shape index (κ2) is 6.97. The minimum atomic E-state index is -0.456. The number of likely N-dealkylation sites (N-methyl/N-ethyl adjacent to an activating group) is 1. The van der Waals surface area contributed by atoms with Crippen molar-refractivity contribution in [2.45, 2.75) is 25.8 Å². The largest absolute Gasteiger partial charge is 0.381 e. The van der Waals surface area contributed by atoms with Crippen LogP contribution in [0.25, 0.3) is 11.0 Å². The Hall–Kier alpha value is -1.57. The predicted octanol–water partition coefficient (Wildman–Crippen LogP) is 1.84. The fourth-order valence-electron chi connectivity index (χ4n) is 3.47. The van der Waals surface area contributed by atoms with Gasteiger partial charge in [-0.3, -0.25) is 18.8 Å². The molecule has 0 radical (unpaired) electrons. The minimum absolute atomic E-state index is 0.0682. The molecule has 3 heterocycles. The monoisotopic (exact) mass is 385 g/mol. The van der Waals surface area contributed by atoms with Crippen LogP contribution in [0.15, 0.2) is 9.59 Å². The van der Waals surface area contributed by atoms with E-state index in [1.54, 1.807) is 7.05 Å². The number of aromatic nitrogens is 3. The third-order valence-electron chi connectivity index (χ3n) is 4.91. The zero-order chi connectivity index (χ0) is 18.3. The Morgan fingerprint density at radius 2 is 1.96 bits per heavy atom. The summed E-state index contributed by atoms with van der Waals surface area (Å²) in [4.78, 5) is 31.3. The van der Waals surface area contributed by atoms with Gasteiger partial charge in [0, 0.05) is 26.7 Å². The number of nitrogens with zero attached hydrogens (tertiary/aromatic N) is 4. The summed E-state index contributed by atoms with van der Waals surface area (Å²) in [6.07, 6.45) is 2.24. The van der Waals surface area contributed by atoms with Crippen molar-refractivity contribution in [1.82, 2.24) is 19.0 Å². The highest BCUT2D eigenvalue weighted by atomic mass is 35.5. The van der Waals surface area contributed by atoms with Gasteiger partial charge in [0.25, 0.3) is 5.56 Å². The van der Waals surface area contributed by atoms with Crippen LogP contribution >= 0.6 is 23.2 Å². The van der Waals surface area contributed by atoms with Crippen molar-refractivity contribution in [1.29, 1.82) is 0 Å². The number of likely N-dealkylation sites (tertiary alicyclic amines) is 1. The molecular weight excluding hydrogens is 365 g/mol. The van der Waals surface area contributed by atoms with E-state index in [-0.39, 0.29) is 21.2 Å². The number of pyridine rings is 1. The SMILES string of the molecule is CCN1CCCC1CNc1c(Cl)c(Cl)nc2c1c(=O)n(C)c(=O)n2C. The number of halogens is 2. The predicted molar refractivity (Wildman–Crippen MR) is 101 cm³/mol. The Bertz CT molecular complexity index is 937. The molecule has 136 valence electrons. The van der Waals surface area contributed by atoms with E-state index in [0.717, 1.165) is 30.5 Å². The number of nitrogens with one attached hydrogen (secondary N) is 1. The first-order valence-corrected chi connectivity index (χ1v) is 9.05. The molecule has 1 saturated heterocycles. The summed E-state index contributed by atoms with van der Waals surface area (Å²) >= 11 is 12.5. The molecule has 0 bridgehead atoms. The summed E-state index contributed by atoms with van der Waals surface area (Å²) in [5.74, 6) is 0. The second-order valence-corrected chi connectivity index (χ2v) is 7.04. The number of fused-ring (bicyclic) bond motifs is 1. The van der Waals surface area contributed by atoms with E-state index >= 15 is 0 Å². The highest BCUT2D eigenvalue weighted by Crippen LogP contribution is 2.33. The van der Waals surface area contributed by atoms with Gasteiger partial charge in [-0.1, -0.05) is 30.1 Å². The highest BCUT2D eigenvalue weighted by molar-refractivity contribution is 6.44. The summed E-state index contributed by atoms with van der Waals surface area (Å²) in [6, 6.07) is 0.374. The average molecular weight is 386 g/mol. The van der Waals surface area contributed by atoms with E-state index < -0.39 is 11.2 Å². The van der Waals surface area contributed by atoms with Gasteiger partial charge in [0.05, 0.1) is 5.69 Å². The van der Waals surface area contributed by atoms with Gasteiger partial charge in [-0.25, -0.2) is 9.78 Å². The van der Waals surface area contributed by atoms with E-state index in [1.807, 2.05) is 0 Å². The zero-order valence-corrected chi connectivity index (χ0v) is 16.0. The fraction of sp³-hybridized carbons (Fsp3) is 0.562. The molecule has 2 aromatic heterocycles. The number of hydrogen-bond acceptors (Lipinski definition) is 5. The molecule has 1 N–H and O–H groups in total. The lowest BCUT2D eigenvalue weighted by atomic mass is 10.2. The summed E-state index contributed by atoms with van der Waals surface area (Å²) in [7, 11) is 2.99. The molecule has 0 spiro atoms. The maximum Gasteiger partial charge on any atom is 0.332 e. The Morgan fingerprint density at radius 1 is 1.24 bits per heavy atom. The van der Waals surface area contributed by atoms with E-state index in [0.29, 0.717) is 18.3 Å². The second-order valence-electron chi connectivity index (χ2n) is 6.30. The van der Waals surface area contributed by atoms with E-state index in [2.05, 4.69) is 22.1 Å². The standard InChI is InChI=1S/C16H21Cl2N5O2/c1-4-23-7-5-6-9(23)8-19-12-10-14(20-13(18)11(12)17)21(2)16(25)22(3)15(10)24/h9H,4-8H2,1-3H3,(H,19,20). The maximum atomic E-state index is 12.7. The van der Waals surface area contributed by atoms with Crippen molar-refractivity contribution in [3.8, 4) is 0 Å². The lowest BCUT2D eigenvalue weighted by molar-refractivity contribution is 0.277. The molecule has 1 atom stereocenters. The summed E-state index contributed by atoms with van der Waals surface area (Å²) in [5, 5.41) is 3.84. The molecule has 0 amide bonds. The van der Waals surface area contributed by atoms with Gasteiger partial charge >= 0.3 is 5.69 Å². The van der Waals surface area contributed by atoms with Crippen molar-refractivity contribution in [2.75, 3.05) is 25.0 Å². The molecule has 0 saturated carbocycles. The highest BCUT2D eigenvalue weighted by Gasteiger charge is 2.25. The molecule has 9 heteroatoms. The fourth-order valence-corrected chi connectivity index (χ4v) is 3.84. The molecule has 1 aliphatic heterocycles. The van der Waals surface area contributed by atoms with Crippen LogP contribution in [-0.4, -0.2) is 44.7 Å². The molecule has 2 aromatic rings. The van der Waals surface area contributed by atoms with E-state index in [4.69, 9.17) is 23.2 Å². The zero-order valence-electron chi connectivity index (χ0n) is 14.5. The van der Waals surface area contributed by atoms with Crippen molar-refractivity contribution in [3.05, 3.63) is 31.0 Å². The number of aryl methyl sites for hydroxylation is 1. The molecular formula is C16H21Cl2N5O2. The van der Waals surface area contributed by atoms with Crippen molar-refractivity contribution >= 4 is 39.9 Å². The topological polar surface area (TPSA) is 72.2 Å². The van der Waals surface area contributed by atoms with Crippen LogP contribution in [0.2, 0.25) is 10.2 Å². The first-order valence-electron chi connectivity index (χ1n) is 8.29. The van der Waals surface area contributed by atoms with Crippen LogP contribution in [0.4, 0.5) is 5.69 Å². The Morgan fingerprint density at radius 3 is 2.64 bits per heavy atom. The average Bonchev–Trinajstić information content (AvgIpc) is 3.06. The van der Waals surface area contributed by atoms with E-state index in [9.17, 15) is 9.59 Å². The third kappa shape index (κ3) is 3.05. The maximum absolute atomic E-state index is 12.7. The van der Waals surface area contributed by atoms with Crippen LogP contribution in [0.1, 0.15) is 19.8 Å². The molecule has 0 aromatic carbocycles. The minimum Gasteiger partial charge on any atom is -0.381 e. The first-order chi connectivity index (χ1) is 11.9. The van der Waals surface area contributed by atoms with Crippen LogP contribution in [-0.2, 0) is 14.1 Å². The van der Waals surface area contributed by atoms with Gasteiger partial charge in [0.2, 0.25) is 0 Å². The van der Waals surface area contributed by atoms with Crippen LogP contribution in [0.3, 0.4) is 0 Å². The molecule has 1 fully saturated rings. The summed E-state index contributed by atoms with van der Waals surface area (Å²) in [5.41, 5.74) is -0.229. The molecule has 3 rings (SSSR count). The molecule has 1 aliphatic rings. The van der Waals surface area contributed by atoms with Crippen LogP contribution in [0, 0.1) is 0 Å². The number of anilines is 1. The van der Waals surface area contributed by atoms with Gasteiger partial charge in [0.15, 0.2) is 10.8 Å². The Labute approximate surface area is 155 Å².